The quantitative estimate of drug-likeness (QED) is 0.672. The largest absolute Gasteiger partial charge is 0.340 e. The number of carbonyl (C=O) groups excluding carboxylic acids is 1. The molecule has 0 fully saturated rings. The minimum Gasteiger partial charge on any atom is -0.340 e. The van der Waals surface area contributed by atoms with E-state index in [1.54, 1.807) is 0 Å². The van der Waals surface area contributed by atoms with Crippen molar-refractivity contribution in [2.75, 3.05) is 0 Å². The van der Waals surface area contributed by atoms with Crippen molar-refractivity contribution < 1.29 is 17.6 Å². The van der Waals surface area contributed by atoms with Gasteiger partial charge >= 0.3 is 0 Å². The molecule has 28 heavy (non-hydrogen) atoms. The van der Waals surface area contributed by atoms with Gasteiger partial charge in [-0.15, -0.1) is 0 Å². The van der Waals surface area contributed by atoms with Crippen LogP contribution in [-0.2, 0) is 34.2 Å². The van der Waals surface area contributed by atoms with E-state index in [9.17, 15) is 17.6 Å². The Bertz CT molecular complexity index is 1180. The third-order valence-electron chi connectivity index (χ3n) is 5.18. The Morgan fingerprint density at radius 3 is 2.68 bits per heavy atom. The van der Waals surface area contributed by atoms with Crippen LogP contribution in [0.4, 0.5) is 4.39 Å². The topological polar surface area (TPSA) is 68.2 Å². The lowest BCUT2D eigenvalue weighted by Gasteiger charge is -2.24. The fraction of sp³-hybridized carbons (Fsp3) is 0.238. The van der Waals surface area contributed by atoms with Crippen LogP contribution in [0.2, 0.25) is 0 Å². The van der Waals surface area contributed by atoms with Gasteiger partial charge in [0, 0.05) is 28.7 Å². The molecule has 1 aromatic heterocycles. The van der Waals surface area contributed by atoms with Gasteiger partial charge < -0.3 is 4.57 Å². The predicted molar refractivity (Wildman–Crippen MR) is 105 cm³/mol. The molecule has 4 rings (SSSR count). The lowest BCUT2D eigenvalue weighted by atomic mass is 9.92. The first-order chi connectivity index (χ1) is 13.5. The zero-order chi connectivity index (χ0) is 19.7. The molecular weight excluding hydrogens is 379 g/mol. The van der Waals surface area contributed by atoms with E-state index in [1.807, 2.05) is 30.2 Å². The van der Waals surface area contributed by atoms with E-state index in [0.29, 0.717) is 25.8 Å². The number of nitrogens with one attached hydrogen (secondary N) is 1. The van der Waals surface area contributed by atoms with Crippen LogP contribution in [0, 0.1) is 5.82 Å². The summed E-state index contributed by atoms with van der Waals surface area (Å²) in [7, 11) is -3.72. The SMILES string of the molecule is O=C=CCn1c2c(c3ccccc31)CC(NS(=O)(=O)c1ccc(F)cc1)CC2. The summed E-state index contributed by atoms with van der Waals surface area (Å²) in [5, 5.41) is 1.07. The molecule has 1 heterocycles. The maximum atomic E-state index is 13.1. The molecule has 0 bridgehead atoms. The van der Waals surface area contributed by atoms with E-state index >= 15 is 0 Å². The molecular formula is C21H19FN2O3S. The van der Waals surface area contributed by atoms with Crippen molar-refractivity contribution in [3.8, 4) is 0 Å². The van der Waals surface area contributed by atoms with Gasteiger partial charge in [-0.1, -0.05) is 18.2 Å². The number of benzene rings is 2. The first-order valence-corrected chi connectivity index (χ1v) is 10.5. The fourth-order valence-electron chi connectivity index (χ4n) is 3.94. The minimum atomic E-state index is -3.72. The Morgan fingerprint density at radius 2 is 1.93 bits per heavy atom. The second-order valence-electron chi connectivity index (χ2n) is 6.89. The average molecular weight is 398 g/mol. The molecule has 1 aliphatic carbocycles. The lowest BCUT2D eigenvalue weighted by Crippen LogP contribution is -2.39. The number of nitrogens with zero attached hydrogens (tertiary/aromatic N) is 1. The van der Waals surface area contributed by atoms with Gasteiger partial charge in [0.25, 0.3) is 0 Å². The highest BCUT2D eigenvalue weighted by Gasteiger charge is 2.28. The van der Waals surface area contributed by atoms with E-state index in [4.69, 9.17) is 0 Å². The Kier molecular flexibility index (Phi) is 4.89. The van der Waals surface area contributed by atoms with Crippen molar-refractivity contribution in [3.05, 3.63) is 71.7 Å². The fourth-order valence-corrected chi connectivity index (χ4v) is 5.21. The number of hydrogen-bond acceptors (Lipinski definition) is 3. The van der Waals surface area contributed by atoms with Crippen LogP contribution in [0.25, 0.3) is 10.9 Å². The van der Waals surface area contributed by atoms with E-state index in [1.165, 1.54) is 18.2 Å². The van der Waals surface area contributed by atoms with Crippen molar-refractivity contribution >= 4 is 26.9 Å². The van der Waals surface area contributed by atoms with Gasteiger partial charge in [0.15, 0.2) is 0 Å². The number of sulfonamides is 1. The molecule has 0 spiro atoms. The first kappa shape index (κ1) is 18.6. The molecule has 2 aromatic carbocycles. The van der Waals surface area contributed by atoms with E-state index in [-0.39, 0.29) is 10.9 Å². The summed E-state index contributed by atoms with van der Waals surface area (Å²) < 4.78 is 43.2. The van der Waals surface area contributed by atoms with Gasteiger partial charge in [-0.25, -0.2) is 22.3 Å². The third kappa shape index (κ3) is 3.40. The summed E-state index contributed by atoms with van der Waals surface area (Å²) >= 11 is 0. The monoisotopic (exact) mass is 398 g/mol. The van der Waals surface area contributed by atoms with E-state index in [2.05, 4.69) is 9.29 Å². The molecule has 1 N–H and O–H groups in total. The molecule has 0 radical (unpaired) electrons. The van der Waals surface area contributed by atoms with Gasteiger partial charge in [0.1, 0.15) is 11.8 Å². The zero-order valence-corrected chi connectivity index (χ0v) is 15.9. The number of rotatable bonds is 5. The van der Waals surface area contributed by atoms with E-state index in [0.717, 1.165) is 34.3 Å². The number of allylic oxidation sites excluding steroid dienone is 1. The maximum absolute atomic E-state index is 13.1. The Balaban J connectivity index is 1.65. The molecule has 0 saturated carbocycles. The highest BCUT2D eigenvalue weighted by Crippen LogP contribution is 2.32. The van der Waals surface area contributed by atoms with Crippen LogP contribution in [0.15, 0.2) is 59.5 Å². The summed E-state index contributed by atoms with van der Waals surface area (Å²) in [5.74, 6) is 1.35. The van der Waals surface area contributed by atoms with E-state index < -0.39 is 15.8 Å². The first-order valence-electron chi connectivity index (χ1n) is 9.06. The van der Waals surface area contributed by atoms with Crippen LogP contribution < -0.4 is 4.72 Å². The second kappa shape index (κ2) is 7.36. The highest BCUT2D eigenvalue weighted by molar-refractivity contribution is 7.89. The van der Waals surface area contributed by atoms with Crippen molar-refractivity contribution in [2.24, 2.45) is 0 Å². The Labute approximate surface area is 162 Å². The van der Waals surface area contributed by atoms with Crippen LogP contribution in [0.3, 0.4) is 0 Å². The molecule has 0 aliphatic heterocycles. The standard InChI is InChI=1S/C21H19FN2O3S/c22-15-6-9-17(10-7-15)28(26,27)23-16-8-11-21-19(14-16)18-4-1-2-5-20(18)24(21)12-3-13-25/h1-7,9-10,16,23H,8,11-12,14H2. The van der Waals surface area contributed by atoms with Gasteiger partial charge in [-0.3, -0.25) is 0 Å². The molecule has 144 valence electrons. The van der Waals surface area contributed by atoms with Crippen LogP contribution in [0.5, 0.6) is 0 Å². The summed E-state index contributed by atoms with van der Waals surface area (Å²) in [5.41, 5.74) is 3.26. The maximum Gasteiger partial charge on any atom is 0.240 e. The van der Waals surface area contributed by atoms with Crippen LogP contribution in [0.1, 0.15) is 17.7 Å². The molecule has 5 nitrogen and oxygen atoms in total. The van der Waals surface area contributed by atoms with Crippen molar-refractivity contribution in [3.63, 3.8) is 0 Å². The molecule has 0 amide bonds. The zero-order valence-electron chi connectivity index (χ0n) is 15.1. The number of aromatic nitrogens is 1. The summed E-state index contributed by atoms with van der Waals surface area (Å²) in [6.07, 6.45) is 3.37. The predicted octanol–water partition coefficient (Wildman–Crippen LogP) is 3.00. The van der Waals surface area contributed by atoms with Gasteiger partial charge in [-0.05, 0) is 55.2 Å². The third-order valence-corrected chi connectivity index (χ3v) is 6.71. The van der Waals surface area contributed by atoms with Gasteiger partial charge in [0.2, 0.25) is 10.0 Å². The number of halogens is 1. The molecule has 1 aliphatic rings. The molecule has 1 unspecified atom stereocenters. The van der Waals surface area contributed by atoms with Crippen molar-refractivity contribution in [1.29, 1.82) is 0 Å². The Hall–Kier alpha value is -2.73. The second-order valence-corrected chi connectivity index (χ2v) is 8.60. The highest BCUT2D eigenvalue weighted by atomic mass is 32.2. The van der Waals surface area contributed by atoms with Crippen LogP contribution in [-0.4, -0.2) is 25.0 Å². The summed E-state index contributed by atoms with van der Waals surface area (Å²) in [6, 6.07) is 12.5. The van der Waals surface area contributed by atoms with Crippen LogP contribution >= 0.6 is 0 Å². The average Bonchev–Trinajstić information content (AvgIpc) is 2.99. The molecule has 1 atom stereocenters. The lowest BCUT2D eigenvalue weighted by molar-refractivity contribution is 0.499. The molecule has 7 heteroatoms. The number of hydrogen-bond donors (Lipinski definition) is 1. The normalized spacial score (nSPS) is 16.5. The smallest absolute Gasteiger partial charge is 0.240 e. The van der Waals surface area contributed by atoms with Crippen molar-refractivity contribution in [2.45, 2.75) is 36.7 Å². The number of fused-ring (bicyclic) bond motifs is 3. The number of para-hydroxylation sites is 1. The van der Waals surface area contributed by atoms with Gasteiger partial charge in [-0.2, -0.15) is 0 Å². The minimum absolute atomic E-state index is 0.0539. The Morgan fingerprint density at radius 1 is 1.18 bits per heavy atom. The summed E-state index contributed by atoms with van der Waals surface area (Å²) in [6.45, 7) is 0.450. The molecule has 0 saturated heterocycles. The van der Waals surface area contributed by atoms with Crippen molar-refractivity contribution in [1.82, 2.24) is 9.29 Å². The summed E-state index contributed by atoms with van der Waals surface area (Å²) in [4.78, 5) is 10.7. The molecule has 3 aromatic rings. The van der Waals surface area contributed by atoms with Gasteiger partial charge in [0.05, 0.1) is 11.4 Å².